The van der Waals surface area contributed by atoms with Gasteiger partial charge in [0.2, 0.25) is 0 Å². The van der Waals surface area contributed by atoms with Crippen LogP contribution in [0.1, 0.15) is 27.2 Å². The van der Waals surface area contributed by atoms with Crippen molar-refractivity contribution in [3.8, 4) is 0 Å². The van der Waals surface area contributed by atoms with Crippen LogP contribution in [0.2, 0.25) is 18.6 Å². The molecule has 0 aromatic rings. The molecule has 0 amide bonds. The van der Waals surface area contributed by atoms with Crippen LogP contribution in [0.4, 0.5) is 0 Å². The van der Waals surface area contributed by atoms with Gasteiger partial charge in [0, 0.05) is 20.0 Å². The maximum atomic E-state index is 3.49. The zero-order valence-electron chi connectivity index (χ0n) is 14.2. The van der Waals surface area contributed by atoms with Crippen LogP contribution in [0, 0.1) is 17.8 Å². The summed E-state index contributed by atoms with van der Waals surface area (Å²) in [5.41, 5.74) is 4.10. The lowest BCUT2D eigenvalue weighted by molar-refractivity contribution is 0.279. The minimum absolute atomic E-state index is 0.786. The first-order chi connectivity index (χ1) is 9.93. The molecule has 4 atom stereocenters. The van der Waals surface area contributed by atoms with E-state index in [2.05, 4.69) is 61.2 Å². The highest BCUT2D eigenvalue weighted by molar-refractivity contribution is 6.76. The van der Waals surface area contributed by atoms with Crippen LogP contribution in [0.5, 0.6) is 0 Å². The second-order valence-electron chi connectivity index (χ2n) is 7.88. The molecule has 2 aliphatic carbocycles. The minimum Gasteiger partial charge on any atom is -0.299 e. The van der Waals surface area contributed by atoms with Crippen molar-refractivity contribution >= 4 is 8.24 Å². The van der Waals surface area contributed by atoms with Gasteiger partial charge in [-0.3, -0.25) is 15.2 Å². The van der Waals surface area contributed by atoms with E-state index in [4.69, 9.17) is 0 Å². The van der Waals surface area contributed by atoms with Crippen molar-refractivity contribution in [3.63, 3.8) is 0 Å². The monoisotopic (exact) mass is 305 g/mol. The molecular formula is C17H31N3Si. The molecule has 3 nitrogen and oxygen atoms in total. The predicted octanol–water partition coefficient (Wildman–Crippen LogP) is 3.11. The zero-order chi connectivity index (χ0) is 15.2. The molecule has 2 N–H and O–H groups in total. The fourth-order valence-electron chi connectivity index (χ4n) is 5.15. The van der Waals surface area contributed by atoms with E-state index >= 15 is 0 Å². The molecular weight excluding hydrogens is 274 g/mol. The van der Waals surface area contributed by atoms with Crippen LogP contribution in [0.15, 0.2) is 23.3 Å². The second-order valence-corrected chi connectivity index (χ2v) is 12.5. The Bertz CT molecular complexity index is 463. The van der Waals surface area contributed by atoms with E-state index in [1.807, 2.05) is 0 Å². The van der Waals surface area contributed by atoms with E-state index in [1.165, 1.54) is 6.42 Å². The molecule has 1 saturated heterocycles. The first-order valence-electron chi connectivity index (χ1n) is 8.44. The highest BCUT2D eigenvalue weighted by atomic mass is 28.3. The Labute approximate surface area is 131 Å². The normalized spacial score (nSPS) is 38.0. The molecule has 0 radical (unpaired) electrons. The number of fused-ring (bicyclic) bond motifs is 1. The Morgan fingerprint density at radius 2 is 1.71 bits per heavy atom. The van der Waals surface area contributed by atoms with E-state index in [0.717, 1.165) is 43.3 Å². The third-order valence-corrected chi connectivity index (χ3v) is 10.8. The van der Waals surface area contributed by atoms with Crippen LogP contribution in [-0.2, 0) is 0 Å². The first kappa shape index (κ1) is 15.5. The number of allylic oxidation sites excluding steroid dienone is 4. The number of hydrogen-bond acceptors (Lipinski definition) is 3. The predicted molar refractivity (Wildman–Crippen MR) is 92.2 cm³/mol. The lowest BCUT2D eigenvalue weighted by atomic mass is 9.81. The molecule has 4 heteroatoms. The summed E-state index contributed by atoms with van der Waals surface area (Å²) >= 11 is 0. The van der Waals surface area contributed by atoms with Crippen LogP contribution in [0.3, 0.4) is 0 Å². The lowest BCUT2D eigenvalue weighted by Crippen LogP contribution is -2.63. The van der Waals surface area contributed by atoms with Crippen molar-refractivity contribution in [3.05, 3.63) is 23.3 Å². The molecule has 118 valence electrons. The van der Waals surface area contributed by atoms with Crippen molar-refractivity contribution in [2.24, 2.45) is 17.8 Å². The van der Waals surface area contributed by atoms with Gasteiger partial charge in [-0.05, 0) is 43.6 Å². The quantitative estimate of drug-likeness (QED) is 0.768. The van der Waals surface area contributed by atoms with E-state index in [1.54, 1.807) is 11.1 Å². The smallest absolute Gasteiger partial charge is 0.129 e. The van der Waals surface area contributed by atoms with Gasteiger partial charge in [0.25, 0.3) is 0 Å². The second kappa shape index (κ2) is 5.65. The Kier molecular flexibility index (Phi) is 4.16. The Morgan fingerprint density at radius 1 is 1.10 bits per heavy atom. The molecule has 0 bridgehead atoms. The summed E-state index contributed by atoms with van der Waals surface area (Å²) in [5, 5.41) is 6.99. The molecule has 1 aliphatic heterocycles. The van der Waals surface area contributed by atoms with E-state index in [-0.39, 0.29) is 0 Å². The molecule has 1 saturated carbocycles. The molecule has 0 spiro atoms. The number of rotatable bonds is 2. The van der Waals surface area contributed by atoms with Gasteiger partial charge < -0.3 is 0 Å². The summed E-state index contributed by atoms with van der Waals surface area (Å²) in [6.45, 7) is 15.5. The largest absolute Gasteiger partial charge is 0.299 e. The van der Waals surface area contributed by atoms with Crippen molar-refractivity contribution in [2.75, 3.05) is 20.0 Å². The highest BCUT2D eigenvalue weighted by Crippen LogP contribution is 2.57. The van der Waals surface area contributed by atoms with E-state index in [9.17, 15) is 0 Å². The van der Waals surface area contributed by atoms with Crippen LogP contribution >= 0.6 is 0 Å². The van der Waals surface area contributed by atoms with Gasteiger partial charge in [0.1, 0.15) is 8.24 Å². The SMILES string of the molecule is CC1=CC=C(C)C2C1CC(C)C2[Si](C)(C)N1CNCNC1. The third kappa shape index (κ3) is 2.56. The van der Waals surface area contributed by atoms with Crippen molar-refractivity contribution in [1.29, 1.82) is 0 Å². The standard InChI is InChI=1S/C17H31N3Si/c1-12-6-7-13(2)16-15(12)8-14(3)17(16)21(4,5)20-10-18-9-19-11-20/h6-7,14-19H,8-11H2,1-5H3. The van der Waals surface area contributed by atoms with Gasteiger partial charge in [-0.25, -0.2) is 0 Å². The topological polar surface area (TPSA) is 27.3 Å². The summed E-state index contributed by atoms with van der Waals surface area (Å²) in [7, 11) is -1.47. The maximum Gasteiger partial charge on any atom is 0.129 e. The van der Waals surface area contributed by atoms with Crippen molar-refractivity contribution in [2.45, 2.75) is 45.8 Å². The molecule has 4 unspecified atom stereocenters. The Balaban J connectivity index is 1.90. The van der Waals surface area contributed by atoms with Crippen molar-refractivity contribution in [1.82, 2.24) is 15.2 Å². The molecule has 1 heterocycles. The van der Waals surface area contributed by atoms with Crippen LogP contribution in [0.25, 0.3) is 0 Å². The summed E-state index contributed by atoms with van der Waals surface area (Å²) in [6, 6.07) is 0. The summed E-state index contributed by atoms with van der Waals surface area (Å²) in [6.07, 6.45) is 6.14. The molecule has 3 aliphatic rings. The van der Waals surface area contributed by atoms with Crippen molar-refractivity contribution < 1.29 is 0 Å². The summed E-state index contributed by atoms with van der Waals surface area (Å²) in [4.78, 5) is 0. The fraction of sp³-hybridized carbons (Fsp3) is 0.765. The average Bonchev–Trinajstić information content (AvgIpc) is 2.83. The average molecular weight is 306 g/mol. The third-order valence-electron chi connectivity index (χ3n) is 6.27. The van der Waals surface area contributed by atoms with Gasteiger partial charge in [-0.2, -0.15) is 0 Å². The van der Waals surface area contributed by atoms with Gasteiger partial charge in [-0.1, -0.05) is 43.3 Å². The number of hydrogen-bond donors (Lipinski definition) is 2. The Hall–Kier alpha value is -0.423. The fourth-order valence-corrected chi connectivity index (χ4v) is 9.51. The molecule has 0 aromatic heterocycles. The zero-order valence-corrected chi connectivity index (χ0v) is 15.2. The van der Waals surface area contributed by atoms with Gasteiger partial charge >= 0.3 is 0 Å². The van der Waals surface area contributed by atoms with E-state index < -0.39 is 8.24 Å². The lowest BCUT2D eigenvalue weighted by Gasteiger charge is -2.47. The molecule has 21 heavy (non-hydrogen) atoms. The number of nitrogens with one attached hydrogen (secondary N) is 2. The molecule has 3 rings (SSSR count). The van der Waals surface area contributed by atoms with E-state index in [0.29, 0.717) is 0 Å². The maximum absolute atomic E-state index is 3.49. The first-order valence-corrected chi connectivity index (χ1v) is 11.5. The summed E-state index contributed by atoms with van der Waals surface area (Å²) in [5.74, 6) is 2.43. The summed E-state index contributed by atoms with van der Waals surface area (Å²) < 4.78 is 2.72. The number of nitrogens with zero attached hydrogens (tertiary/aromatic N) is 1. The van der Waals surface area contributed by atoms with Gasteiger partial charge in [0.15, 0.2) is 0 Å². The van der Waals surface area contributed by atoms with Gasteiger partial charge in [-0.15, -0.1) is 0 Å². The Morgan fingerprint density at radius 3 is 2.38 bits per heavy atom. The van der Waals surface area contributed by atoms with Crippen LogP contribution in [-0.4, -0.2) is 32.8 Å². The molecule has 2 fully saturated rings. The van der Waals surface area contributed by atoms with Crippen LogP contribution < -0.4 is 10.6 Å². The van der Waals surface area contributed by atoms with Gasteiger partial charge in [0.05, 0.1) is 0 Å². The molecule has 0 aromatic carbocycles. The minimum atomic E-state index is -1.47. The highest BCUT2D eigenvalue weighted by Gasteiger charge is 2.52.